The van der Waals surface area contributed by atoms with E-state index in [9.17, 15) is 9.59 Å². The van der Waals surface area contributed by atoms with E-state index in [4.69, 9.17) is 15.8 Å². The number of fused-ring (bicyclic) bond motifs is 1. The van der Waals surface area contributed by atoms with E-state index in [1.54, 1.807) is 0 Å². The van der Waals surface area contributed by atoms with Crippen LogP contribution in [0.5, 0.6) is 0 Å². The molecule has 7 heteroatoms. The van der Waals surface area contributed by atoms with Crippen molar-refractivity contribution < 1.29 is 14.7 Å². The first-order valence-electron chi connectivity index (χ1n) is 11.5. The average Bonchev–Trinajstić information content (AvgIpc) is 2.86. The number of benzene rings is 2. The van der Waals surface area contributed by atoms with Gasteiger partial charge in [-0.05, 0) is 61.3 Å². The van der Waals surface area contributed by atoms with Crippen molar-refractivity contribution in [2.24, 2.45) is 17.6 Å². The standard InChI is InChI=1S/C26H30N4O3/c27-14-19-4-3-5-20(12-19)24-13-22(21-6-1-2-7-23(21)30-24)25(31)28-15-17-8-10-18(11-9-17)16-29-26(32)33/h1-7,12-13,17-18,29H,8-11,14-16,27H2,(H,28,31)(H,32,33)/t17-,18-. The molecule has 4 rings (SSSR count). The zero-order valence-corrected chi connectivity index (χ0v) is 18.6. The Bertz CT molecular complexity index is 1140. The second-order valence-corrected chi connectivity index (χ2v) is 8.76. The number of nitrogens with one attached hydrogen (secondary N) is 2. The number of hydrogen-bond acceptors (Lipinski definition) is 4. The van der Waals surface area contributed by atoms with E-state index < -0.39 is 6.09 Å². The van der Waals surface area contributed by atoms with E-state index in [2.05, 4.69) is 10.6 Å². The lowest BCUT2D eigenvalue weighted by molar-refractivity contribution is 0.0942. The predicted octanol–water partition coefficient (Wildman–Crippen LogP) is 4.16. The van der Waals surface area contributed by atoms with Gasteiger partial charge in [-0.25, -0.2) is 9.78 Å². The molecule has 1 fully saturated rings. The molecule has 1 saturated carbocycles. The quantitative estimate of drug-likeness (QED) is 0.435. The van der Waals surface area contributed by atoms with Crippen LogP contribution in [-0.2, 0) is 6.54 Å². The Morgan fingerprint density at radius 1 is 0.939 bits per heavy atom. The molecule has 5 N–H and O–H groups in total. The minimum absolute atomic E-state index is 0.0977. The molecule has 0 saturated heterocycles. The van der Waals surface area contributed by atoms with Crippen LogP contribution < -0.4 is 16.4 Å². The highest BCUT2D eigenvalue weighted by Crippen LogP contribution is 2.29. The van der Waals surface area contributed by atoms with Crippen LogP contribution in [0.4, 0.5) is 4.79 Å². The molecule has 0 bridgehead atoms. The Kier molecular flexibility index (Phi) is 7.19. The molecule has 7 nitrogen and oxygen atoms in total. The van der Waals surface area contributed by atoms with Gasteiger partial charge in [0.15, 0.2) is 0 Å². The van der Waals surface area contributed by atoms with Crippen LogP contribution in [0.15, 0.2) is 54.6 Å². The van der Waals surface area contributed by atoms with Crippen molar-refractivity contribution in [1.29, 1.82) is 0 Å². The minimum atomic E-state index is -0.969. The first-order valence-corrected chi connectivity index (χ1v) is 11.5. The molecule has 3 aromatic rings. The number of nitrogens with zero attached hydrogens (tertiary/aromatic N) is 1. The molecule has 33 heavy (non-hydrogen) atoms. The summed E-state index contributed by atoms with van der Waals surface area (Å²) >= 11 is 0. The van der Waals surface area contributed by atoms with Crippen LogP contribution in [0.2, 0.25) is 0 Å². The maximum absolute atomic E-state index is 13.2. The summed E-state index contributed by atoms with van der Waals surface area (Å²) < 4.78 is 0. The third-order valence-corrected chi connectivity index (χ3v) is 6.48. The first-order chi connectivity index (χ1) is 16.0. The largest absolute Gasteiger partial charge is 0.465 e. The van der Waals surface area contributed by atoms with Crippen LogP contribution in [0.25, 0.3) is 22.2 Å². The van der Waals surface area contributed by atoms with Crippen LogP contribution in [0.3, 0.4) is 0 Å². The van der Waals surface area contributed by atoms with E-state index in [1.807, 2.05) is 54.6 Å². The van der Waals surface area contributed by atoms with E-state index in [-0.39, 0.29) is 5.91 Å². The molecule has 1 heterocycles. The summed E-state index contributed by atoms with van der Waals surface area (Å²) in [6.45, 7) is 1.57. The number of carbonyl (C=O) groups is 2. The molecule has 1 aliphatic rings. The lowest BCUT2D eigenvalue weighted by Gasteiger charge is -2.28. The summed E-state index contributed by atoms with van der Waals surface area (Å²) in [4.78, 5) is 28.7. The van der Waals surface area contributed by atoms with Crippen LogP contribution in [-0.4, -0.2) is 35.2 Å². The summed E-state index contributed by atoms with van der Waals surface area (Å²) in [6.07, 6.45) is 2.95. The van der Waals surface area contributed by atoms with E-state index in [0.29, 0.717) is 37.0 Å². The highest BCUT2D eigenvalue weighted by molar-refractivity contribution is 6.07. The maximum atomic E-state index is 13.2. The van der Waals surface area contributed by atoms with Crippen LogP contribution in [0, 0.1) is 11.8 Å². The maximum Gasteiger partial charge on any atom is 0.404 e. The highest BCUT2D eigenvalue weighted by Gasteiger charge is 2.22. The van der Waals surface area contributed by atoms with Crippen molar-refractivity contribution in [3.05, 3.63) is 65.7 Å². The molecule has 0 spiro atoms. The number of nitrogens with two attached hydrogens (primary N) is 1. The van der Waals surface area contributed by atoms with Gasteiger partial charge in [-0.3, -0.25) is 4.79 Å². The Hall–Kier alpha value is -3.45. The lowest BCUT2D eigenvalue weighted by Crippen LogP contribution is -2.34. The molecule has 0 atom stereocenters. The Morgan fingerprint density at radius 2 is 1.64 bits per heavy atom. The van der Waals surface area contributed by atoms with Crippen molar-refractivity contribution in [2.45, 2.75) is 32.2 Å². The molecule has 0 radical (unpaired) electrons. The van der Waals surface area contributed by atoms with Gasteiger partial charge in [-0.2, -0.15) is 0 Å². The Balaban J connectivity index is 1.47. The monoisotopic (exact) mass is 446 g/mol. The lowest BCUT2D eigenvalue weighted by atomic mass is 9.82. The van der Waals surface area contributed by atoms with Gasteiger partial charge in [0.05, 0.1) is 16.8 Å². The average molecular weight is 447 g/mol. The number of amides is 2. The molecule has 0 aliphatic heterocycles. The van der Waals surface area contributed by atoms with E-state index in [0.717, 1.165) is 53.4 Å². The van der Waals surface area contributed by atoms with Gasteiger partial charge >= 0.3 is 6.09 Å². The number of carboxylic acid groups (broad SMARTS) is 1. The van der Waals surface area contributed by atoms with Gasteiger partial charge in [-0.15, -0.1) is 0 Å². The van der Waals surface area contributed by atoms with Gasteiger partial charge in [0.1, 0.15) is 0 Å². The van der Waals surface area contributed by atoms with Crippen molar-refractivity contribution >= 4 is 22.9 Å². The number of aromatic nitrogens is 1. The Labute approximate surface area is 193 Å². The summed E-state index contributed by atoms with van der Waals surface area (Å²) in [5, 5.41) is 15.2. The van der Waals surface area contributed by atoms with Crippen molar-refractivity contribution in [1.82, 2.24) is 15.6 Å². The summed E-state index contributed by atoms with van der Waals surface area (Å²) in [7, 11) is 0. The highest BCUT2D eigenvalue weighted by atomic mass is 16.4. The van der Waals surface area contributed by atoms with Gasteiger partial charge in [0, 0.05) is 30.6 Å². The fraction of sp³-hybridized carbons (Fsp3) is 0.346. The first kappa shape index (κ1) is 22.7. The summed E-state index contributed by atoms with van der Waals surface area (Å²) in [5.41, 5.74) is 9.90. The van der Waals surface area contributed by atoms with Gasteiger partial charge in [-0.1, -0.05) is 36.4 Å². The predicted molar refractivity (Wildman–Crippen MR) is 129 cm³/mol. The van der Waals surface area contributed by atoms with E-state index in [1.165, 1.54) is 0 Å². The zero-order valence-electron chi connectivity index (χ0n) is 18.6. The molecule has 172 valence electrons. The van der Waals surface area contributed by atoms with Gasteiger partial charge in [0.25, 0.3) is 5.91 Å². The van der Waals surface area contributed by atoms with Crippen LogP contribution in [0.1, 0.15) is 41.6 Å². The normalized spacial score (nSPS) is 18.1. The molecular formula is C26H30N4O3. The smallest absolute Gasteiger partial charge is 0.404 e. The Morgan fingerprint density at radius 3 is 2.33 bits per heavy atom. The van der Waals surface area contributed by atoms with Crippen molar-refractivity contribution in [2.75, 3.05) is 13.1 Å². The summed E-state index contributed by atoms with van der Waals surface area (Å²) in [5.74, 6) is 0.687. The van der Waals surface area contributed by atoms with Gasteiger partial charge < -0.3 is 21.5 Å². The topological polar surface area (TPSA) is 117 Å². The second kappa shape index (κ2) is 10.4. The fourth-order valence-electron chi connectivity index (χ4n) is 4.57. The van der Waals surface area contributed by atoms with Crippen molar-refractivity contribution in [3.63, 3.8) is 0 Å². The SMILES string of the molecule is NCc1cccc(-c2cc(C(=O)NC[C@H]3CC[C@H](CNC(=O)O)CC3)c3ccccc3n2)c1. The van der Waals surface area contributed by atoms with Crippen LogP contribution >= 0.6 is 0 Å². The number of hydrogen-bond donors (Lipinski definition) is 4. The van der Waals surface area contributed by atoms with Crippen molar-refractivity contribution in [3.8, 4) is 11.3 Å². The molecule has 1 aromatic heterocycles. The third kappa shape index (κ3) is 5.68. The second-order valence-electron chi connectivity index (χ2n) is 8.76. The number of rotatable bonds is 7. The molecule has 2 amide bonds. The summed E-state index contributed by atoms with van der Waals surface area (Å²) in [6, 6.07) is 17.5. The fourth-order valence-corrected chi connectivity index (χ4v) is 4.57. The van der Waals surface area contributed by atoms with Gasteiger partial charge in [0.2, 0.25) is 0 Å². The third-order valence-electron chi connectivity index (χ3n) is 6.48. The molecule has 2 aromatic carbocycles. The number of pyridine rings is 1. The molecule has 0 unspecified atom stereocenters. The van der Waals surface area contributed by atoms with E-state index >= 15 is 0 Å². The molecular weight excluding hydrogens is 416 g/mol. The number of carbonyl (C=O) groups excluding carboxylic acids is 1. The molecule has 1 aliphatic carbocycles. The number of para-hydroxylation sites is 1. The minimum Gasteiger partial charge on any atom is -0.465 e. The zero-order chi connectivity index (χ0) is 23.2.